The number of piperidine rings is 2. The molecular weight excluding hydrogens is 192 g/mol. The maximum absolute atomic E-state index is 10.8. The molecule has 4 heteroatoms. The number of carboxylic acid groups (broad SMARTS) is 1. The molecule has 15 heavy (non-hydrogen) atoms. The molecule has 4 nitrogen and oxygen atoms in total. The van der Waals surface area contributed by atoms with Gasteiger partial charge in [-0.15, -0.1) is 0 Å². The average Bonchev–Trinajstić information content (AvgIpc) is 2.30. The van der Waals surface area contributed by atoms with Crippen LogP contribution in [0.15, 0.2) is 0 Å². The van der Waals surface area contributed by atoms with E-state index in [1.807, 2.05) is 0 Å². The van der Waals surface area contributed by atoms with Crippen molar-refractivity contribution in [2.24, 2.45) is 5.92 Å². The fourth-order valence-corrected chi connectivity index (χ4v) is 2.51. The Labute approximate surface area is 90.6 Å². The van der Waals surface area contributed by atoms with Gasteiger partial charge >= 0.3 is 5.97 Å². The minimum atomic E-state index is -0.629. The standard InChI is InChI=1S/C11H19N2O2/c14-11(15)9-4-7-13(8-5-9)10-3-1-2-6-12-10/h9-10H,1-8H2,(H,14,15). The number of nitrogens with zero attached hydrogens (tertiary/aromatic N) is 2. The van der Waals surface area contributed by atoms with Gasteiger partial charge in [0.2, 0.25) is 0 Å². The lowest BCUT2D eigenvalue weighted by molar-refractivity contribution is -0.143. The van der Waals surface area contributed by atoms with Gasteiger partial charge in [0.05, 0.1) is 12.1 Å². The van der Waals surface area contributed by atoms with Crippen molar-refractivity contribution >= 4 is 5.97 Å². The molecule has 0 aromatic carbocycles. The highest BCUT2D eigenvalue weighted by atomic mass is 16.4. The molecule has 1 atom stereocenters. The zero-order chi connectivity index (χ0) is 10.7. The molecule has 0 aromatic heterocycles. The van der Waals surface area contributed by atoms with Crippen LogP contribution < -0.4 is 5.32 Å². The summed E-state index contributed by atoms with van der Waals surface area (Å²) >= 11 is 0. The molecule has 0 bridgehead atoms. The van der Waals surface area contributed by atoms with Gasteiger partial charge in [-0.1, -0.05) is 0 Å². The quantitative estimate of drug-likeness (QED) is 0.738. The van der Waals surface area contributed by atoms with E-state index < -0.39 is 5.97 Å². The van der Waals surface area contributed by atoms with E-state index in [-0.39, 0.29) is 5.92 Å². The zero-order valence-corrected chi connectivity index (χ0v) is 9.06. The normalized spacial score (nSPS) is 30.3. The molecule has 0 amide bonds. The van der Waals surface area contributed by atoms with E-state index in [0.29, 0.717) is 6.17 Å². The van der Waals surface area contributed by atoms with Crippen molar-refractivity contribution < 1.29 is 9.90 Å². The van der Waals surface area contributed by atoms with Crippen LogP contribution in [0.5, 0.6) is 0 Å². The summed E-state index contributed by atoms with van der Waals surface area (Å²) in [5.41, 5.74) is 0. The van der Waals surface area contributed by atoms with Crippen molar-refractivity contribution in [2.45, 2.75) is 38.3 Å². The van der Waals surface area contributed by atoms with Gasteiger partial charge in [-0.25, -0.2) is 5.32 Å². The number of aliphatic carboxylic acids is 1. The Morgan fingerprint density at radius 1 is 1.20 bits per heavy atom. The van der Waals surface area contributed by atoms with Gasteiger partial charge in [0.25, 0.3) is 0 Å². The van der Waals surface area contributed by atoms with Crippen LogP contribution >= 0.6 is 0 Å². The lowest BCUT2D eigenvalue weighted by Gasteiger charge is -2.37. The van der Waals surface area contributed by atoms with Crippen molar-refractivity contribution in [3.8, 4) is 0 Å². The molecule has 1 unspecified atom stereocenters. The summed E-state index contributed by atoms with van der Waals surface area (Å²) in [6, 6.07) is 0. The molecular formula is C11H19N2O2. The summed E-state index contributed by atoms with van der Waals surface area (Å²) in [4.78, 5) is 13.2. The van der Waals surface area contributed by atoms with Gasteiger partial charge in [-0.05, 0) is 32.1 Å². The van der Waals surface area contributed by atoms with Crippen molar-refractivity contribution in [2.75, 3.05) is 19.6 Å². The van der Waals surface area contributed by atoms with E-state index >= 15 is 0 Å². The van der Waals surface area contributed by atoms with Gasteiger partial charge in [-0.2, -0.15) is 0 Å². The minimum Gasteiger partial charge on any atom is -0.481 e. The maximum atomic E-state index is 10.8. The number of rotatable bonds is 2. The molecule has 2 aliphatic heterocycles. The highest BCUT2D eigenvalue weighted by molar-refractivity contribution is 5.70. The molecule has 2 rings (SSSR count). The average molecular weight is 211 g/mol. The van der Waals surface area contributed by atoms with Crippen molar-refractivity contribution in [1.29, 1.82) is 0 Å². The van der Waals surface area contributed by atoms with Gasteiger partial charge in [0.15, 0.2) is 0 Å². The fourth-order valence-electron chi connectivity index (χ4n) is 2.51. The Kier molecular flexibility index (Phi) is 3.59. The van der Waals surface area contributed by atoms with Crippen LogP contribution in [0.3, 0.4) is 0 Å². The Bertz CT molecular complexity index is 219. The second-order valence-corrected chi connectivity index (χ2v) is 4.53. The van der Waals surface area contributed by atoms with Crippen molar-refractivity contribution in [3.63, 3.8) is 0 Å². The number of likely N-dealkylation sites (tertiary alicyclic amines) is 1. The third-order valence-electron chi connectivity index (χ3n) is 3.51. The van der Waals surface area contributed by atoms with Crippen LogP contribution in [0.4, 0.5) is 0 Å². The van der Waals surface area contributed by atoms with Crippen LogP contribution in [0.1, 0.15) is 32.1 Å². The monoisotopic (exact) mass is 211 g/mol. The van der Waals surface area contributed by atoms with E-state index in [0.717, 1.165) is 38.9 Å². The summed E-state index contributed by atoms with van der Waals surface area (Å²) in [5, 5.41) is 13.5. The SMILES string of the molecule is O=C(O)C1CCN(C2CCCC[N]2)CC1. The number of carbonyl (C=O) groups is 1. The van der Waals surface area contributed by atoms with Gasteiger partial charge < -0.3 is 5.11 Å². The molecule has 0 aromatic rings. The first-order valence-corrected chi connectivity index (χ1v) is 5.91. The van der Waals surface area contributed by atoms with Gasteiger partial charge in [0.1, 0.15) is 0 Å². The number of carboxylic acids is 1. The molecule has 1 N–H and O–H groups in total. The lowest BCUT2D eigenvalue weighted by Crippen LogP contribution is -2.48. The molecule has 2 aliphatic rings. The van der Waals surface area contributed by atoms with Crippen LogP contribution in [-0.2, 0) is 4.79 Å². The fraction of sp³-hybridized carbons (Fsp3) is 0.909. The van der Waals surface area contributed by atoms with Gasteiger partial charge in [-0.3, -0.25) is 9.69 Å². The smallest absolute Gasteiger partial charge is 0.306 e. The van der Waals surface area contributed by atoms with E-state index in [1.54, 1.807) is 0 Å². The summed E-state index contributed by atoms with van der Waals surface area (Å²) in [5.74, 6) is -0.750. The summed E-state index contributed by atoms with van der Waals surface area (Å²) in [7, 11) is 0. The first kappa shape index (κ1) is 10.9. The Hall–Kier alpha value is -0.610. The second kappa shape index (κ2) is 4.94. The molecule has 2 fully saturated rings. The van der Waals surface area contributed by atoms with E-state index in [4.69, 9.17) is 5.11 Å². The molecule has 85 valence electrons. The van der Waals surface area contributed by atoms with Crippen LogP contribution in [0.25, 0.3) is 0 Å². The van der Waals surface area contributed by atoms with E-state index in [2.05, 4.69) is 10.2 Å². The predicted octanol–water partition coefficient (Wildman–Crippen LogP) is 0.897. The lowest BCUT2D eigenvalue weighted by atomic mass is 9.96. The molecule has 0 saturated carbocycles. The Balaban J connectivity index is 1.79. The summed E-state index contributed by atoms with van der Waals surface area (Å²) in [6.07, 6.45) is 5.63. The second-order valence-electron chi connectivity index (χ2n) is 4.53. The maximum Gasteiger partial charge on any atom is 0.306 e. The van der Waals surface area contributed by atoms with E-state index in [1.165, 1.54) is 12.8 Å². The van der Waals surface area contributed by atoms with Gasteiger partial charge in [0, 0.05) is 19.6 Å². The van der Waals surface area contributed by atoms with Crippen LogP contribution in [-0.4, -0.2) is 41.8 Å². The van der Waals surface area contributed by atoms with Crippen molar-refractivity contribution in [3.05, 3.63) is 0 Å². The van der Waals surface area contributed by atoms with Crippen LogP contribution in [0.2, 0.25) is 0 Å². The summed E-state index contributed by atoms with van der Waals surface area (Å²) < 4.78 is 0. The highest BCUT2D eigenvalue weighted by Gasteiger charge is 2.29. The molecule has 1 radical (unpaired) electrons. The molecule has 2 heterocycles. The topological polar surface area (TPSA) is 54.6 Å². The zero-order valence-electron chi connectivity index (χ0n) is 9.06. The molecule has 2 saturated heterocycles. The van der Waals surface area contributed by atoms with Crippen LogP contribution in [0, 0.1) is 5.92 Å². The third kappa shape index (κ3) is 2.69. The van der Waals surface area contributed by atoms with Crippen molar-refractivity contribution in [1.82, 2.24) is 10.2 Å². The molecule has 0 aliphatic carbocycles. The first-order chi connectivity index (χ1) is 7.27. The Morgan fingerprint density at radius 2 is 1.93 bits per heavy atom. The number of hydrogen-bond acceptors (Lipinski definition) is 2. The third-order valence-corrected chi connectivity index (χ3v) is 3.51. The van der Waals surface area contributed by atoms with E-state index in [9.17, 15) is 4.79 Å². The Morgan fingerprint density at radius 3 is 2.47 bits per heavy atom. The molecule has 0 spiro atoms. The first-order valence-electron chi connectivity index (χ1n) is 5.91. The summed E-state index contributed by atoms with van der Waals surface area (Å²) in [6.45, 7) is 2.81. The predicted molar refractivity (Wildman–Crippen MR) is 56.6 cm³/mol. The number of hydrogen-bond donors (Lipinski definition) is 1. The highest BCUT2D eigenvalue weighted by Crippen LogP contribution is 2.22. The largest absolute Gasteiger partial charge is 0.481 e. The minimum absolute atomic E-state index is 0.121.